The molecule has 112 valence electrons. The van der Waals surface area contributed by atoms with Crippen LogP contribution in [0.15, 0.2) is 4.99 Å². The first kappa shape index (κ1) is 16.2. The molecule has 6 nitrogen and oxygen atoms in total. The number of aliphatic imine (C=N–C) groups is 1. The maximum atomic E-state index is 12.6. The summed E-state index contributed by atoms with van der Waals surface area (Å²) in [6, 6.07) is -0.146. The number of carbonyl (C=O) groups excluding carboxylic acids is 3. The largest absolute Gasteiger partial charge is 0.469 e. The minimum atomic E-state index is -3.35. The molecule has 1 atom stereocenters. The summed E-state index contributed by atoms with van der Waals surface area (Å²) in [4.78, 5) is 38.3. The standard InChI is InChI=1S/C12H15F2NO5/c1-19-8(16)5-7(15-6-3-4-6)9(12(18)20-2)10(17)11(13)14/h6,9,11H,3-5H2,1-2H3. The molecule has 1 unspecified atom stereocenters. The van der Waals surface area contributed by atoms with E-state index in [0.29, 0.717) is 0 Å². The summed E-state index contributed by atoms with van der Waals surface area (Å²) < 4.78 is 33.9. The Labute approximate surface area is 114 Å². The lowest BCUT2D eigenvalue weighted by atomic mass is 9.95. The van der Waals surface area contributed by atoms with Gasteiger partial charge in [0.1, 0.15) is 0 Å². The molecular weight excluding hydrogens is 276 g/mol. The molecule has 0 radical (unpaired) electrons. The van der Waals surface area contributed by atoms with Gasteiger partial charge in [0.25, 0.3) is 6.43 Å². The van der Waals surface area contributed by atoms with Crippen molar-refractivity contribution in [2.24, 2.45) is 10.9 Å². The molecule has 20 heavy (non-hydrogen) atoms. The van der Waals surface area contributed by atoms with Crippen molar-refractivity contribution in [2.75, 3.05) is 14.2 Å². The molecule has 0 bridgehead atoms. The lowest BCUT2D eigenvalue weighted by Gasteiger charge is -2.15. The Kier molecular flexibility index (Phi) is 5.72. The lowest BCUT2D eigenvalue weighted by molar-refractivity contribution is -0.149. The van der Waals surface area contributed by atoms with Gasteiger partial charge in [-0.3, -0.25) is 19.4 Å². The average molecular weight is 291 g/mol. The predicted molar refractivity (Wildman–Crippen MR) is 63.6 cm³/mol. The van der Waals surface area contributed by atoms with Crippen LogP contribution in [0.25, 0.3) is 0 Å². The maximum absolute atomic E-state index is 12.6. The van der Waals surface area contributed by atoms with Crippen LogP contribution < -0.4 is 0 Å². The van der Waals surface area contributed by atoms with E-state index in [1.54, 1.807) is 0 Å². The van der Waals surface area contributed by atoms with Crippen molar-refractivity contribution in [1.29, 1.82) is 0 Å². The van der Waals surface area contributed by atoms with Crippen molar-refractivity contribution >= 4 is 23.4 Å². The molecule has 1 aliphatic carbocycles. The second-order valence-corrected chi connectivity index (χ2v) is 4.26. The van der Waals surface area contributed by atoms with Crippen LogP contribution in [-0.2, 0) is 23.9 Å². The summed E-state index contributed by atoms with van der Waals surface area (Å²) in [5.74, 6) is -5.40. The molecule has 1 aliphatic rings. The third-order valence-electron chi connectivity index (χ3n) is 2.72. The van der Waals surface area contributed by atoms with E-state index in [1.807, 2.05) is 0 Å². The van der Waals surface area contributed by atoms with Crippen molar-refractivity contribution < 1.29 is 32.6 Å². The van der Waals surface area contributed by atoms with Crippen LogP contribution in [0.3, 0.4) is 0 Å². The number of carbonyl (C=O) groups is 3. The van der Waals surface area contributed by atoms with Crippen molar-refractivity contribution in [3.05, 3.63) is 0 Å². The van der Waals surface area contributed by atoms with Crippen LogP contribution in [0.2, 0.25) is 0 Å². The van der Waals surface area contributed by atoms with Gasteiger partial charge in [0.15, 0.2) is 5.92 Å². The summed E-state index contributed by atoms with van der Waals surface area (Å²) >= 11 is 0. The van der Waals surface area contributed by atoms with Gasteiger partial charge in [-0.15, -0.1) is 0 Å². The Morgan fingerprint density at radius 3 is 2.20 bits per heavy atom. The molecule has 1 rings (SSSR count). The number of halogens is 2. The number of Topliss-reactive ketones (excluding diaryl/α,β-unsaturated/α-hetero) is 1. The average Bonchev–Trinajstić information content (AvgIpc) is 3.21. The molecule has 0 amide bonds. The first-order chi connectivity index (χ1) is 9.40. The molecule has 0 heterocycles. The Bertz CT molecular complexity index is 432. The number of alkyl halides is 2. The van der Waals surface area contributed by atoms with E-state index in [4.69, 9.17) is 0 Å². The monoisotopic (exact) mass is 291 g/mol. The minimum Gasteiger partial charge on any atom is -0.469 e. The smallest absolute Gasteiger partial charge is 0.322 e. The van der Waals surface area contributed by atoms with Gasteiger partial charge in [0, 0.05) is 5.71 Å². The maximum Gasteiger partial charge on any atom is 0.322 e. The van der Waals surface area contributed by atoms with E-state index in [-0.39, 0.29) is 11.8 Å². The van der Waals surface area contributed by atoms with E-state index in [2.05, 4.69) is 14.5 Å². The highest BCUT2D eigenvalue weighted by atomic mass is 19.3. The zero-order valence-corrected chi connectivity index (χ0v) is 11.1. The van der Waals surface area contributed by atoms with E-state index in [1.165, 1.54) is 0 Å². The van der Waals surface area contributed by atoms with Crippen molar-refractivity contribution in [3.8, 4) is 0 Å². The molecule has 1 fully saturated rings. The summed E-state index contributed by atoms with van der Waals surface area (Å²) in [6.07, 6.45) is -2.39. The molecule has 1 saturated carbocycles. The van der Waals surface area contributed by atoms with Gasteiger partial charge in [0.2, 0.25) is 5.78 Å². The molecule has 0 aromatic carbocycles. The second kappa shape index (κ2) is 7.06. The molecular formula is C12H15F2NO5. The van der Waals surface area contributed by atoms with Crippen molar-refractivity contribution in [1.82, 2.24) is 0 Å². The molecule has 0 spiro atoms. The molecule has 0 aliphatic heterocycles. The number of methoxy groups -OCH3 is 2. The van der Waals surface area contributed by atoms with Crippen molar-refractivity contribution in [3.63, 3.8) is 0 Å². The van der Waals surface area contributed by atoms with Crippen molar-refractivity contribution in [2.45, 2.75) is 31.7 Å². The molecule has 0 aromatic rings. The van der Waals surface area contributed by atoms with Crippen LogP contribution >= 0.6 is 0 Å². The van der Waals surface area contributed by atoms with E-state index in [9.17, 15) is 23.2 Å². The highest BCUT2D eigenvalue weighted by molar-refractivity contribution is 6.22. The third kappa shape index (κ3) is 4.36. The Morgan fingerprint density at radius 1 is 1.20 bits per heavy atom. The normalized spacial score (nSPS) is 16.8. The number of hydrogen-bond donors (Lipinski definition) is 0. The Balaban J connectivity index is 3.05. The van der Waals surface area contributed by atoms with Gasteiger partial charge < -0.3 is 9.47 Å². The van der Waals surface area contributed by atoms with E-state index in [0.717, 1.165) is 27.1 Å². The highest BCUT2D eigenvalue weighted by Crippen LogP contribution is 2.26. The van der Waals surface area contributed by atoms with Crippen LogP contribution in [0.4, 0.5) is 8.78 Å². The number of nitrogens with zero attached hydrogens (tertiary/aromatic N) is 1. The predicted octanol–water partition coefficient (Wildman–Crippen LogP) is 0.776. The van der Waals surface area contributed by atoms with E-state index < -0.39 is 36.5 Å². The summed E-state index contributed by atoms with van der Waals surface area (Å²) in [5, 5.41) is 0. The number of rotatable bonds is 7. The number of ether oxygens (including phenoxy) is 2. The van der Waals surface area contributed by atoms with Gasteiger partial charge in [0.05, 0.1) is 26.7 Å². The first-order valence-corrected chi connectivity index (χ1v) is 5.93. The summed E-state index contributed by atoms with van der Waals surface area (Å²) in [6.45, 7) is 0. The van der Waals surface area contributed by atoms with Crippen LogP contribution in [0.5, 0.6) is 0 Å². The molecule has 0 aromatic heterocycles. The zero-order valence-electron chi connectivity index (χ0n) is 11.1. The van der Waals surface area contributed by atoms with Gasteiger partial charge in [-0.05, 0) is 12.8 Å². The quantitative estimate of drug-likeness (QED) is 0.393. The number of esters is 2. The minimum absolute atomic E-state index is 0.146. The lowest BCUT2D eigenvalue weighted by Crippen LogP contribution is -2.38. The van der Waals surface area contributed by atoms with Gasteiger partial charge in [-0.1, -0.05) is 0 Å². The molecule has 0 saturated heterocycles. The first-order valence-electron chi connectivity index (χ1n) is 5.93. The number of hydrogen-bond acceptors (Lipinski definition) is 6. The van der Waals surface area contributed by atoms with E-state index >= 15 is 0 Å². The summed E-state index contributed by atoms with van der Waals surface area (Å²) in [5.41, 5.74) is -0.225. The van der Waals surface area contributed by atoms with Gasteiger partial charge in [-0.25, -0.2) is 8.78 Å². The van der Waals surface area contributed by atoms with Gasteiger partial charge in [-0.2, -0.15) is 0 Å². The fourth-order valence-electron chi connectivity index (χ4n) is 1.54. The molecule has 8 heteroatoms. The SMILES string of the molecule is COC(=O)CC(=NC1CC1)C(C(=O)OC)C(=O)C(F)F. The van der Waals surface area contributed by atoms with Crippen LogP contribution in [-0.4, -0.2) is 50.1 Å². The topological polar surface area (TPSA) is 82.0 Å². The Morgan fingerprint density at radius 2 is 1.80 bits per heavy atom. The summed E-state index contributed by atoms with van der Waals surface area (Å²) in [7, 11) is 2.08. The van der Waals surface area contributed by atoms with Crippen LogP contribution in [0.1, 0.15) is 19.3 Å². The fourth-order valence-corrected chi connectivity index (χ4v) is 1.54. The van der Waals surface area contributed by atoms with Gasteiger partial charge >= 0.3 is 11.9 Å². The number of ketones is 1. The third-order valence-corrected chi connectivity index (χ3v) is 2.72. The zero-order chi connectivity index (χ0) is 15.3. The molecule has 0 N–H and O–H groups in total. The van der Waals surface area contributed by atoms with Crippen LogP contribution in [0, 0.1) is 5.92 Å². The second-order valence-electron chi connectivity index (χ2n) is 4.26. The Hall–Kier alpha value is -1.86. The highest BCUT2D eigenvalue weighted by Gasteiger charge is 2.39. The fraction of sp³-hybridized carbons (Fsp3) is 0.667.